The zero-order valence-corrected chi connectivity index (χ0v) is 28.8. The van der Waals surface area contributed by atoms with E-state index in [2.05, 4.69) is 0 Å². The summed E-state index contributed by atoms with van der Waals surface area (Å²) in [7, 11) is 4.15. The van der Waals surface area contributed by atoms with Crippen LogP contribution in [-0.4, -0.2) is 77.2 Å². The van der Waals surface area contributed by atoms with E-state index in [4.69, 9.17) is 30.5 Å². The Bertz CT molecular complexity index is 2040. The van der Waals surface area contributed by atoms with Gasteiger partial charge in [-0.1, -0.05) is 30.7 Å². The van der Waals surface area contributed by atoms with Gasteiger partial charge in [-0.05, 0) is 36.1 Å². The Labute approximate surface area is 292 Å². The maximum atomic E-state index is 14.4. The number of amides is 1. The normalized spacial score (nSPS) is 24.4. The van der Waals surface area contributed by atoms with Crippen LogP contribution in [0.15, 0.2) is 58.6 Å². The third-order valence-electron chi connectivity index (χ3n) is 10.7. The monoisotopic (exact) mass is 704 g/mol. The Morgan fingerprint density at radius 1 is 1.00 bits per heavy atom. The SMILES string of the molecule is COc1cc(C(CC(=O)N2CC3CC(C2)c2cccc(=O)n2C3)C2=C(O)[C@@]3(Oc4c(Cl)c(OC)cc(OC)c4C3=O)[C@H](C)CC2=O)ccc1O. The first kappa shape index (κ1) is 33.5. The van der Waals surface area contributed by atoms with Crippen LogP contribution in [-0.2, 0) is 16.1 Å². The topological polar surface area (TPSA) is 154 Å². The number of benzene rings is 2. The zero-order valence-electron chi connectivity index (χ0n) is 28.0. The van der Waals surface area contributed by atoms with E-state index < -0.39 is 34.8 Å². The van der Waals surface area contributed by atoms with Gasteiger partial charge in [-0.2, -0.15) is 0 Å². The highest BCUT2D eigenvalue weighted by Gasteiger charge is 2.61. The number of aliphatic hydroxyl groups is 1. The number of ketones is 2. The van der Waals surface area contributed by atoms with Crippen molar-refractivity contribution in [1.29, 1.82) is 0 Å². The van der Waals surface area contributed by atoms with E-state index in [1.165, 1.54) is 45.6 Å². The Balaban J connectivity index is 1.32. The van der Waals surface area contributed by atoms with Crippen molar-refractivity contribution in [2.45, 2.75) is 50.2 Å². The molecule has 1 aromatic heterocycles. The molecule has 1 saturated heterocycles. The molecule has 3 aliphatic heterocycles. The molecule has 1 fully saturated rings. The number of nitrogens with zero attached hydrogens (tertiary/aromatic N) is 2. The Hall–Kier alpha value is -4.97. The lowest BCUT2D eigenvalue weighted by Crippen LogP contribution is -2.53. The molecule has 0 radical (unpaired) electrons. The van der Waals surface area contributed by atoms with Crippen molar-refractivity contribution < 1.29 is 43.5 Å². The predicted octanol–water partition coefficient (Wildman–Crippen LogP) is 4.79. The molecule has 2 bridgehead atoms. The number of aromatic nitrogens is 1. The summed E-state index contributed by atoms with van der Waals surface area (Å²) in [5, 5.41) is 22.7. The van der Waals surface area contributed by atoms with Gasteiger partial charge >= 0.3 is 0 Å². The Kier molecular flexibility index (Phi) is 8.32. The Morgan fingerprint density at radius 3 is 2.46 bits per heavy atom. The number of methoxy groups -OCH3 is 3. The Morgan fingerprint density at radius 2 is 1.74 bits per heavy atom. The minimum atomic E-state index is -2.05. The lowest BCUT2D eigenvalue weighted by molar-refractivity contribution is -0.134. The molecular weight excluding hydrogens is 668 g/mol. The van der Waals surface area contributed by atoms with Gasteiger partial charge in [0.15, 0.2) is 28.8 Å². The van der Waals surface area contributed by atoms with Crippen molar-refractivity contribution >= 4 is 29.1 Å². The quantitative estimate of drug-likeness (QED) is 0.351. The van der Waals surface area contributed by atoms with E-state index in [1.54, 1.807) is 28.5 Å². The number of carbonyl (C=O) groups is 3. The van der Waals surface area contributed by atoms with E-state index >= 15 is 0 Å². The number of phenolic OH excluding ortho intramolecular Hbond substituents is 1. The molecule has 2 N–H and O–H groups in total. The molecule has 2 aromatic carbocycles. The maximum absolute atomic E-state index is 14.4. The highest BCUT2D eigenvalue weighted by Crippen LogP contribution is 2.56. The van der Waals surface area contributed by atoms with Crippen molar-refractivity contribution in [2.24, 2.45) is 11.8 Å². The summed E-state index contributed by atoms with van der Waals surface area (Å²) in [6.07, 6.45) is 0.409. The van der Waals surface area contributed by atoms with E-state index in [9.17, 15) is 29.4 Å². The molecule has 50 heavy (non-hydrogen) atoms. The van der Waals surface area contributed by atoms with Crippen molar-refractivity contribution in [3.8, 4) is 28.7 Å². The third-order valence-corrected chi connectivity index (χ3v) is 11.0. The molecule has 3 unspecified atom stereocenters. The molecule has 4 aliphatic rings. The van der Waals surface area contributed by atoms with E-state index in [1.807, 2.05) is 6.07 Å². The van der Waals surface area contributed by atoms with Crippen LogP contribution in [0.5, 0.6) is 28.7 Å². The van der Waals surface area contributed by atoms with E-state index in [0.29, 0.717) is 25.2 Å². The molecule has 1 amide bonds. The summed E-state index contributed by atoms with van der Waals surface area (Å²) < 4.78 is 24.4. The average Bonchev–Trinajstić information content (AvgIpc) is 3.42. The van der Waals surface area contributed by atoms with Crippen molar-refractivity contribution in [1.82, 2.24) is 9.47 Å². The molecule has 12 nitrogen and oxygen atoms in total. The number of Topliss-reactive ketones (excluding diaryl/α,β-unsaturated/α-hetero) is 2. The van der Waals surface area contributed by atoms with Crippen LogP contribution in [0.25, 0.3) is 0 Å². The van der Waals surface area contributed by atoms with Crippen LogP contribution >= 0.6 is 11.6 Å². The number of hydrogen-bond acceptors (Lipinski definition) is 10. The zero-order chi connectivity index (χ0) is 35.6. The number of aromatic hydroxyl groups is 1. The first-order valence-corrected chi connectivity index (χ1v) is 16.8. The van der Waals surface area contributed by atoms with E-state index in [-0.39, 0.29) is 81.1 Å². The fourth-order valence-corrected chi connectivity index (χ4v) is 8.50. The summed E-state index contributed by atoms with van der Waals surface area (Å²) in [5.41, 5.74) is -0.974. The van der Waals surface area contributed by atoms with E-state index in [0.717, 1.165) is 12.1 Å². The number of hydrogen-bond donors (Lipinski definition) is 2. The van der Waals surface area contributed by atoms with Gasteiger partial charge < -0.3 is 38.6 Å². The molecule has 4 heterocycles. The third kappa shape index (κ3) is 5.02. The number of phenols is 1. The largest absolute Gasteiger partial charge is 0.507 e. The van der Waals surface area contributed by atoms with Crippen LogP contribution in [0.4, 0.5) is 0 Å². The molecule has 7 rings (SSSR count). The van der Waals surface area contributed by atoms with Crippen LogP contribution in [0.3, 0.4) is 0 Å². The minimum absolute atomic E-state index is 0.00135. The van der Waals surface area contributed by atoms with Crippen LogP contribution < -0.4 is 24.5 Å². The van der Waals surface area contributed by atoms with Gasteiger partial charge in [-0.3, -0.25) is 19.2 Å². The number of piperidine rings is 1. The number of aliphatic hydroxyl groups excluding tert-OH is 1. The van der Waals surface area contributed by atoms with Gasteiger partial charge in [0.1, 0.15) is 22.1 Å². The van der Waals surface area contributed by atoms with Crippen LogP contribution in [0.2, 0.25) is 5.02 Å². The van der Waals surface area contributed by atoms with Gasteiger partial charge in [0.25, 0.3) is 5.56 Å². The first-order chi connectivity index (χ1) is 23.9. The summed E-state index contributed by atoms with van der Waals surface area (Å²) in [4.78, 5) is 57.1. The van der Waals surface area contributed by atoms with Gasteiger partial charge in [0, 0.05) is 73.6 Å². The fourth-order valence-electron chi connectivity index (χ4n) is 8.24. The molecule has 3 aromatic rings. The van der Waals surface area contributed by atoms with Crippen molar-refractivity contribution in [2.75, 3.05) is 34.4 Å². The van der Waals surface area contributed by atoms with Gasteiger partial charge in [0.2, 0.25) is 17.3 Å². The molecule has 13 heteroatoms. The summed E-state index contributed by atoms with van der Waals surface area (Å²) in [6, 6.07) is 11.1. The second-order valence-corrected chi connectivity index (χ2v) is 13.8. The number of fused-ring (bicyclic) bond motifs is 5. The average molecular weight is 705 g/mol. The number of ether oxygens (including phenoxy) is 4. The number of likely N-dealkylation sites (tertiary alicyclic amines) is 1. The lowest BCUT2D eigenvalue weighted by Gasteiger charge is -2.43. The van der Waals surface area contributed by atoms with Gasteiger partial charge in [-0.15, -0.1) is 0 Å². The highest BCUT2D eigenvalue weighted by molar-refractivity contribution is 6.35. The second kappa shape index (κ2) is 12.4. The van der Waals surface area contributed by atoms with Crippen molar-refractivity contribution in [3.63, 3.8) is 0 Å². The van der Waals surface area contributed by atoms with Gasteiger partial charge in [0.05, 0.1) is 21.3 Å². The predicted molar refractivity (Wildman–Crippen MR) is 181 cm³/mol. The van der Waals surface area contributed by atoms with Crippen LogP contribution in [0.1, 0.15) is 59.6 Å². The smallest absolute Gasteiger partial charge is 0.250 e. The molecule has 1 aliphatic carbocycles. The maximum Gasteiger partial charge on any atom is 0.250 e. The van der Waals surface area contributed by atoms with Crippen molar-refractivity contribution in [3.05, 3.63) is 86.0 Å². The highest BCUT2D eigenvalue weighted by atomic mass is 35.5. The number of allylic oxidation sites excluding steroid dienone is 1. The molecule has 5 atom stereocenters. The second-order valence-electron chi connectivity index (χ2n) is 13.4. The molecule has 1 spiro atoms. The lowest BCUT2D eigenvalue weighted by atomic mass is 9.69. The summed E-state index contributed by atoms with van der Waals surface area (Å²) >= 11 is 6.62. The minimum Gasteiger partial charge on any atom is -0.507 e. The summed E-state index contributed by atoms with van der Waals surface area (Å²) in [6.45, 7) is 2.92. The summed E-state index contributed by atoms with van der Waals surface area (Å²) in [5.74, 6) is -3.66. The standard InChI is InChI=1S/C37H37ClN2O10/c1-18-10-25(42)31(35(45)37(18)36(46)32-27(48-3)14-28(49-4)33(38)34(32)50-37)22(20-8-9-24(41)26(12-20)47-2)13-30(44)39-15-19-11-21(17-39)23-6-5-7-29(43)40(23)16-19/h5-9,12,14,18-19,21-22,41,45H,10-11,13,15-17H2,1-4H3/t18-,19?,21?,22?,37+/m1/s1. The molecule has 0 saturated carbocycles. The number of halogens is 1. The van der Waals surface area contributed by atoms with Crippen LogP contribution in [0, 0.1) is 11.8 Å². The molecule has 262 valence electrons. The number of carbonyl (C=O) groups excluding carboxylic acids is 3. The number of rotatable bonds is 7. The molecular formula is C37H37ClN2O10. The van der Waals surface area contributed by atoms with Gasteiger partial charge in [-0.25, -0.2) is 0 Å². The first-order valence-electron chi connectivity index (χ1n) is 16.4. The number of pyridine rings is 1. The fraction of sp³-hybridized carbons (Fsp3) is 0.405.